The summed E-state index contributed by atoms with van der Waals surface area (Å²) in [6, 6.07) is 13.5. The van der Waals surface area contributed by atoms with Crippen LogP contribution in [0.1, 0.15) is 12.0 Å². The number of rotatable bonds is 6. The SMILES string of the molecule is COCCCc1c(O)nc(-c2ccc(-c3ccc(F)cc3)cc2)[nH]c1=O. The summed E-state index contributed by atoms with van der Waals surface area (Å²) in [4.78, 5) is 19.0. The van der Waals surface area contributed by atoms with Gasteiger partial charge in [0, 0.05) is 19.3 Å². The van der Waals surface area contributed by atoms with E-state index in [-0.39, 0.29) is 22.8 Å². The molecule has 0 unspecified atom stereocenters. The highest BCUT2D eigenvalue weighted by Crippen LogP contribution is 2.24. The molecule has 0 saturated carbocycles. The van der Waals surface area contributed by atoms with Gasteiger partial charge in [-0.05, 0) is 36.1 Å². The molecule has 0 saturated heterocycles. The van der Waals surface area contributed by atoms with E-state index in [2.05, 4.69) is 9.97 Å². The molecule has 0 spiro atoms. The summed E-state index contributed by atoms with van der Waals surface area (Å²) >= 11 is 0. The van der Waals surface area contributed by atoms with Crippen molar-refractivity contribution in [2.75, 3.05) is 13.7 Å². The number of aromatic nitrogens is 2. The van der Waals surface area contributed by atoms with Gasteiger partial charge in [-0.25, -0.2) is 4.39 Å². The summed E-state index contributed by atoms with van der Waals surface area (Å²) in [7, 11) is 1.58. The number of aromatic amines is 1. The molecule has 2 aromatic carbocycles. The molecule has 0 radical (unpaired) electrons. The van der Waals surface area contributed by atoms with Gasteiger partial charge >= 0.3 is 0 Å². The lowest BCUT2D eigenvalue weighted by Gasteiger charge is -2.07. The van der Waals surface area contributed by atoms with E-state index in [4.69, 9.17) is 4.74 Å². The number of nitrogens with zero attached hydrogens (tertiary/aromatic N) is 1. The minimum Gasteiger partial charge on any atom is -0.493 e. The average molecular weight is 354 g/mol. The lowest BCUT2D eigenvalue weighted by molar-refractivity contribution is 0.195. The van der Waals surface area contributed by atoms with Crippen LogP contribution in [-0.4, -0.2) is 28.8 Å². The van der Waals surface area contributed by atoms with Gasteiger partial charge < -0.3 is 14.8 Å². The fourth-order valence-electron chi connectivity index (χ4n) is 2.70. The second-order valence-electron chi connectivity index (χ2n) is 5.90. The number of aromatic hydroxyl groups is 1. The minimum atomic E-state index is -0.355. The maximum atomic E-state index is 13.0. The largest absolute Gasteiger partial charge is 0.493 e. The van der Waals surface area contributed by atoms with Gasteiger partial charge in [-0.3, -0.25) is 4.79 Å². The van der Waals surface area contributed by atoms with Crippen LogP contribution in [0.5, 0.6) is 5.88 Å². The molecule has 0 amide bonds. The summed E-state index contributed by atoms with van der Waals surface area (Å²) in [5.74, 6) is -0.246. The molecule has 0 aliphatic heterocycles. The highest BCUT2D eigenvalue weighted by Gasteiger charge is 2.12. The van der Waals surface area contributed by atoms with Crippen LogP contribution in [0.4, 0.5) is 4.39 Å². The van der Waals surface area contributed by atoms with E-state index in [1.807, 2.05) is 12.1 Å². The molecule has 26 heavy (non-hydrogen) atoms. The number of ether oxygens (including phenoxy) is 1. The van der Waals surface area contributed by atoms with Gasteiger partial charge in [0.1, 0.15) is 11.6 Å². The first-order chi connectivity index (χ1) is 12.6. The molecule has 0 aliphatic carbocycles. The second kappa shape index (κ2) is 7.93. The van der Waals surface area contributed by atoms with Crippen LogP contribution in [0.2, 0.25) is 0 Å². The number of benzene rings is 2. The number of halogens is 1. The highest BCUT2D eigenvalue weighted by molar-refractivity contribution is 5.67. The van der Waals surface area contributed by atoms with E-state index in [0.29, 0.717) is 30.8 Å². The number of nitrogens with one attached hydrogen (secondary N) is 1. The summed E-state index contributed by atoms with van der Waals surface area (Å²) in [5, 5.41) is 10.1. The topological polar surface area (TPSA) is 75.2 Å². The van der Waals surface area contributed by atoms with Crippen LogP contribution in [0, 0.1) is 5.82 Å². The molecule has 3 rings (SSSR count). The van der Waals surface area contributed by atoms with Crippen molar-refractivity contribution in [3.05, 3.63) is 70.3 Å². The Morgan fingerprint density at radius 2 is 1.62 bits per heavy atom. The summed E-state index contributed by atoms with van der Waals surface area (Å²) in [5.41, 5.74) is 2.37. The minimum absolute atomic E-state index is 0.258. The van der Waals surface area contributed by atoms with Crippen molar-refractivity contribution < 1.29 is 14.2 Å². The molecule has 2 N–H and O–H groups in total. The van der Waals surface area contributed by atoms with E-state index < -0.39 is 0 Å². The number of H-pyrrole nitrogens is 1. The Hall–Kier alpha value is -2.99. The standard InChI is InChI=1S/C20H19FN2O3/c1-26-12-2-3-17-19(24)22-18(23-20(17)25)15-6-4-13(5-7-15)14-8-10-16(21)11-9-14/h4-11H,2-3,12H2,1H3,(H2,22,23,24,25). The van der Waals surface area contributed by atoms with Gasteiger partial charge in [0.2, 0.25) is 5.88 Å². The normalized spacial score (nSPS) is 10.8. The maximum absolute atomic E-state index is 13.0. The van der Waals surface area contributed by atoms with Crippen molar-refractivity contribution in [2.45, 2.75) is 12.8 Å². The van der Waals surface area contributed by atoms with E-state index in [0.717, 1.165) is 11.1 Å². The Morgan fingerprint density at radius 1 is 1.04 bits per heavy atom. The van der Waals surface area contributed by atoms with Crippen LogP contribution in [0.3, 0.4) is 0 Å². The van der Waals surface area contributed by atoms with Crippen molar-refractivity contribution in [1.29, 1.82) is 0 Å². The summed E-state index contributed by atoms with van der Waals surface area (Å²) < 4.78 is 18.0. The van der Waals surface area contributed by atoms with E-state index in [1.54, 1.807) is 31.4 Å². The van der Waals surface area contributed by atoms with Crippen LogP contribution < -0.4 is 5.56 Å². The zero-order valence-corrected chi connectivity index (χ0v) is 14.3. The molecular formula is C20H19FN2O3. The fourth-order valence-corrected chi connectivity index (χ4v) is 2.70. The zero-order chi connectivity index (χ0) is 18.5. The van der Waals surface area contributed by atoms with Crippen LogP contribution >= 0.6 is 0 Å². The van der Waals surface area contributed by atoms with Crippen molar-refractivity contribution in [3.8, 4) is 28.4 Å². The third kappa shape index (κ3) is 3.97. The molecule has 3 aromatic rings. The monoisotopic (exact) mass is 354 g/mol. The molecule has 6 heteroatoms. The predicted molar refractivity (Wildman–Crippen MR) is 97.5 cm³/mol. The first-order valence-electron chi connectivity index (χ1n) is 8.26. The third-order valence-corrected chi connectivity index (χ3v) is 4.10. The third-order valence-electron chi connectivity index (χ3n) is 4.10. The molecule has 0 atom stereocenters. The van der Waals surface area contributed by atoms with E-state index in [9.17, 15) is 14.3 Å². The Kier molecular flexibility index (Phi) is 5.43. The highest BCUT2D eigenvalue weighted by atomic mass is 19.1. The second-order valence-corrected chi connectivity index (χ2v) is 5.90. The van der Waals surface area contributed by atoms with Gasteiger partial charge in [-0.2, -0.15) is 4.98 Å². The molecule has 134 valence electrons. The summed E-state index contributed by atoms with van der Waals surface area (Å²) in [6.45, 7) is 0.505. The molecule has 0 aliphatic rings. The lowest BCUT2D eigenvalue weighted by Crippen LogP contribution is -2.15. The average Bonchev–Trinajstić information content (AvgIpc) is 2.65. The molecule has 1 heterocycles. The lowest BCUT2D eigenvalue weighted by atomic mass is 10.0. The molecule has 0 bridgehead atoms. The Labute approximate surface area is 150 Å². The van der Waals surface area contributed by atoms with Gasteiger partial charge in [0.25, 0.3) is 5.56 Å². The van der Waals surface area contributed by atoms with Gasteiger partial charge in [-0.15, -0.1) is 0 Å². The zero-order valence-electron chi connectivity index (χ0n) is 14.3. The van der Waals surface area contributed by atoms with Crippen LogP contribution in [0.15, 0.2) is 53.3 Å². The molecular weight excluding hydrogens is 335 g/mol. The van der Waals surface area contributed by atoms with Gasteiger partial charge in [0.05, 0.1) is 5.56 Å². The maximum Gasteiger partial charge on any atom is 0.258 e. The number of methoxy groups -OCH3 is 1. The Bertz CT molecular complexity index is 935. The first-order valence-corrected chi connectivity index (χ1v) is 8.26. The molecule has 0 fully saturated rings. The summed E-state index contributed by atoms with van der Waals surface area (Å²) in [6.07, 6.45) is 1.02. The smallest absolute Gasteiger partial charge is 0.258 e. The predicted octanol–water partition coefficient (Wildman–Crippen LogP) is 3.53. The van der Waals surface area contributed by atoms with Crippen LogP contribution in [0.25, 0.3) is 22.5 Å². The van der Waals surface area contributed by atoms with Crippen molar-refractivity contribution in [3.63, 3.8) is 0 Å². The van der Waals surface area contributed by atoms with Gasteiger partial charge in [-0.1, -0.05) is 36.4 Å². The van der Waals surface area contributed by atoms with E-state index >= 15 is 0 Å². The van der Waals surface area contributed by atoms with Crippen molar-refractivity contribution in [1.82, 2.24) is 9.97 Å². The quantitative estimate of drug-likeness (QED) is 0.664. The van der Waals surface area contributed by atoms with Crippen molar-refractivity contribution in [2.24, 2.45) is 0 Å². The number of hydrogen-bond donors (Lipinski definition) is 2. The fraction of sp³-hybridized carbons (Fsp3) is 0.200. The van der Waals surface area contributed by atoms with E-state index in [1.165, 1.54) is 12.1 Å². The molecule has 1 aromatic heterocycles. The van der Waals surface area contributed by atoms with Crippen molar-refractivity contribution >= 4 is 0 Å². The van der Waals surface area contributed by atoms with Gasteiger partial charge in [0.15, 0.2) is 0 Å². The number of hydrogen-bond acceptors (Lipinski definition) is 4. The molecule has 5 nitrogen and oxygen atoms in total. The Morgan fingerprint density at radius 3 is 2.19 bits per heavy atom. The Balaban J connectivity index is 1.85. The first kappa shape index (κ1) is 17.8. The van der Waals surface area contributed by atoms with Crippen LogP contribution in [-0.2, 0) is 11.2 Å².